The van der Waals surface area contributed by atoms with Crippen molar-refractivity contribution in [3.63, 3.8) is 0 Å². The fourth-order valence-corrected chi connectivity index (χ4v) is 2.67. The fraction of sp³-hybridized carbons (Fsp3) is 0.583. The molecule has 0 aromatic rings. The zero-order valence-corrected chi connectivity index (χ0v) is 8.94. The average Bonchev–Trinajstić information content (AvgIpc) is 2.58. The maximum absolute atomic E-state index is 11.0. The van der Waals surface area contributed by atoms with Gasteiger partial charge in [0.2, 0.25) is 0 Å². The van der Waals surface area contributed by atoms with E-state index in [1.54, 1.807) is 0 Å². The highest BCUT2D eigenvalue weighted by Crippen LogP contribution is 2.49. The van der Waals surface area contributed by atoms with Gasteiger partial charge in [0, 0.05) is 5.57 Å². The Hall–Kier alpha value is -1.05. The molecule has 0 aromatic heterocycles. The van der Waals surface area contributed by atoms with Crippen LogP contribution in [-0.2, 0) is 4.79 Å². The first-order valence-electron chi connectivity index (χ1n) is 5.07. The Morgan fingerprint density at radius 1 is 1.21 bits per heavy atom. The van der Waals surface area contributed by atoms with Gasteiger partial charge in [0.15, 0.2) is 0 Å². The van der Waals surface area contributed by atoms with E-state index in [-0.39, 0.29) is 5.41 Å². The molecule has 0 atom stereocenters. The Kier molecular flexibility index (Phi) is 1.85. The van der Waals surface area contributed by atoms with E-state index in [9.17, 15) is 9.90 Å². The number of rotatable bonds is 1. The molecule has 0 saturated heterocycles. The minimum absolute atomic E-state index is 0.0626. The first-order valence-corrected chi connectivity index (χ1v) is 5.07. The van der Waals surface area contributed by atoms with Crippen molar-refractivity contribution < 1.29 is 9.90 Å². The molecule has 0 radical (unpaired) electrons. The molecular formula is C12H15O2-. The summed E-state index contributed by atoms with van der Waals surface area (Å²) in [5, 5.41) is 11.0. The lowest BCUT2D eigenvalue weighted by atomic mass is 9.79. The molecule has 2 bridgehead atoms. The molecule has 0 amide bonds. The number of hydrogen-bond donors (Lipinski definition) is 0. The van der Waals surface area contributed by atoms with Crippen LogP contribution in [0.2, 0.25) is 0 Å². The summed E-state index contributed by atoms with van der Waals surface area (Å²) in [6, 6.07) is 0. The van der Waals surface area contributed by atoms with Crippen LogP contribution in [0.1, 0.15) is 40.0 Å². The highest BCUT2D eigenvalue weighted by Gasteiger charge is 2.35. The van der Waals surface area contributed by atoms with Gasteiger partial charge in [-0.2, -0.15) is 0 Å². The summed E-state index contributed by atoms with van der Waals surface area (Å²) in [5.41, 5.74) is 3.90. The van der Waals surface area contributed by atoms with Crippen molar-refractivity contribution in [1.29, 1.82) is 0 Å². The topological polar surface area (TPSA) is 40.1 Å². The van der Waals surface area contributed by atoms with Crippen molar-refractivity contribution in [3.8, 4) is 0 Å². The Balaban J connectivity index is 2.52. The molecule has 2 aliphatic carbocycles. The van der Waals surface area contributed by atoms with Gasteiger partial charge < -0.3 is 9.90 Å². The molecule has 0 unspecified atom stereocenters. The summed E-state index contributed by atoms with van der Waals surface area (Å²) in [4.78, 5) is 11.0. The van der Waals surface area contributed by atoms with Crippen LogP contribution in [0.25, 0.3) is 0 Å². The predicted molar refractivity (Wildman–Crippen MR) is 52.4 cm³/mol. The molecule has 2 heteroatoms. The number of carboxylic acid groups (broad SMARTS) is 1. The van der Waals surface area contributed by atoms with E-state index >= 15 is 0 Å². The lowest BCUT2D eigenvalue weighted by Gasteiger charge is -2.28. The zero-order chi connectivity index (χ0) is 10.5. The number of carbonyl (C=O) groups excluding carboxylic acids is 1. The Labute approximate surface area is 84.3 Å². The van der Waals surface area contributed by atoms with E-state index in [0.29, 0.717) is 5.57 Å². The van der Waals surface area contributed by atoms with E-state index in [1.165, 1.54) is 5.57 Å². The average molecular weight is 191 g/mol. The van der Waals surface area contributed by atoms with Crippen molar-refractivity contribution in [2.75, 3.05) is 0 Å². The quantitative estimate of drug-likeness (QED) is 0.631. The van der Waals surface area contributed by atoms with Crippen LogP contribution in [0.5, 0.6) is 0 Å². The molecule has 1 saturated carbocycles. The van der Waals surface area contributed by atoms with Gasteiger partial charge in [-0.15, -0.1) is 0 Å². The first-order chi connectivity index (χ1) is 6.41. The van der Waals surface area contributed by atoms with E-state index in [4.69, 9.17) is 0 Å². The van der Waals surface area contributed by atoms with Gasteiger partial charge in [0.1, 0.15) is 0 Å². The highest BCUT2D eigenvalue weighted by molar-refractivity contribution is 5.94. The lowest BCUT2D eigenvalue weighted by Crippen LogP contribution is -2.29. The first kappa shape index (κ1) is 9.50. The smallest absolute Gasteiger partial charge is 0.0717 e. The molecule has 0 aliphatic heterocycles. The summed E-state index contributed by atoms with van der Waals surface area (Å²) in [5.74, 6) is -0.986. The summed E-state index contributed by atoms with van der Waals surface area (Å²) in [6.45, 7) is 6.21. The summed E-state index contributed by atoms with van der Waals surface area (Å²) < 4.78 is 0. The third kappa shape index (κ3) is 1.21. The normalized spacial score (nSPS) is 21.1. The Morgan fingerprint density at radius 3 is 2.21 bits per heavy atom. The van der Waals surface area contributed by atoms with Crippen molar-refractivity contribution >= 4 is 5.97 Å². The summed E-state index contributed by atoms with van der Waals surface area (Å²) in [6.07, 6.45) is 2.87. The van der Waals surface area contributed by atoms with E-state index in [1.807, 2.05) is 0 Å². The number of carboxylic acids is 1. The van der Waals surface area contributed by atoms with Crippen molar-refractivity contribution in [2.45, 2.75) is 40.0 Å². The van der Waals surface area contributed by atoms with Crippen LogP contribution in [0.15, 0.2) is 22.3 Å². The minimum atomic E-state index is -0.986. The van der Waals surface area contributed by atoms with Crippen LogP contribution < -0.4 is 5.11 Å². The fourth-order valence-electron chi connectivity index (χ4n) is 2.67. The molecule has 0 spiro atoms. The highest BCUT2D eigenvalue weighted by atomic mass is 16.4. The molecule has 76 valence electrons. The second-order valence-corrected chi connectivity index (χ2v) is 5.17. The number of aliphatic carboxylic acids is 1. The standard InChI is InChI=1S/C12H16O2/c1-12(2,3)10-8-5-4-7(6-8)9(10)11(13)14/h4-6H2,1-3H3,(H,13,14)/p-1. The largest absolute Gasteiger partial charge is 0.545 e. The number of hydrogen-bond acceptors (Lipinski definition) is 2. The minimum Gasteiger partial charge on any atom is -0.545 e. The SMILES string of the molecule is CC(C)(C)C1=C2CCC(=C1C(=O)[O-])C2. The number of fused-ring (bicyclic) bond motifs is 2. The van der Waals surface area contributed by atoms with E-state index < -0.39 is 5.97 Å². The molecule has 1 fully saturated rings. The molecule has 0 heterocycles. The molecule has 0 N–H and O–H groups in total. The summed E-state index contributed by atoms with van der Waals surface area (Å²) in [7, 11) is 0. The maximum atomic E-state index is 11.0. The van der Waals surface area contributed by atoms with Gasteiger partial charge in [-0.1, -0.05) is 31.9 Å². The summed E-state index contributed by atoms with van der Waals surface area (Å²) >= 11 is 0. The van der Waals surface area contributed by atoms with Crippen LogP contribution in [-0.4, -0.2) is 5.97 Å². The van der Waals surface area contributed by atoms with Gasteiger partial charge in [0.05, 0.1) is 5.97 Å². The maximum Gasteiger partial charge on any atom is 0.0717 e. The Bertz CT molecular complexity index is 364. The third-order valence-corrected chi connectivity index (χ3v) is 3.07. The van der Waals surface area contributed by atoms with Crippen molar-refractivity contribution in [3.05, 3.63) is 22.3 Å². The van der Waals surface area contributed by atoms with Gasteiger partial charge >= 0.3 is 0 Å². The van der Waals surface area contributed by atoms with Gasteiger partial charge in [-0.05, 0) is 30.3 Å². The van der Waals surface area contributed by atoms with Gasteiger partial charge in [-0.3, -0.25) is 0 Å². The second-order valence-electron chi connectivity index (χ2n) is 5.17. The molecular weight excluding hydrogens is 176 g/mol. The Morgan fingerprint density at radius 2 is 1.79 bits per heavy atom. The number of carbonyl (C=O) groups is 1. The van der Waals surface area contributed by atoms with E-state index in [0.717, 1.165) is 30.4 Å². The van der Waals surface area contributed by atoms with Crippen LogP contribution >= 0.6 is 0 Å². The molecule has 0 aromatic carbocycles. The molecule has 14 heavy (non-hydrogen) atoms. The third-order valence-electron chi connectivity index (χ3n) is 3.07. The van der Waals surface area contributed by atoms with Gasteiger partial charge in [0.25, 0.3) is 0 Å². The van der Waals surface area contributed by atoms with Gasteiger partial charge in [-0.25, -0.2) is 0 Å². The van der Waals surface area contributed by atoms with Crippen LogP contribution in [0.3, 0.4) is 0 Å². The molecule has 2 aliphatic rings. The van der Waals surface area contributed by atoms with E-state index in [2.05, 4.69) is 20.8 Å². The lowest BCUT2D eigenvalue weighted by molar-refractivity contribution is -0.299. The number of allylic oxidation sites excluding steroid dienone is 2. The molecule has 2 nitrogen and oxygen atoms in total. The van der Waals surface area contributed by atoms with Crippen LogP contribution in [0.4, 0.5) is 0 Å². The second kappa shape index (κ2) is 2.72. The monoisotopic (exact) mass is 191 g/mol. The van der Waals surface area contributed by atoms with Crippen molar-refractivity contribution in [1.82, 2.24) is 0 Å². The predicted octanol–water partition coefficient (Wildman–Crippen LogP) is 1.57. The van der Waals surface area contributed by atoms with Crippen LogP contribution in [0, 0.1) is 5.41 Å². The van der Waals surface area contributed by atoms with Crippen molar-refractivity contribution in [2.24, 2.45) is 5.41 Å². The molecule has 2 rings (SSSR count). The zero-order valence-electron chi connectivity index (χ0n) is 8.94.